The predicted molar refractivity (Wildman–Crippen MR) is 80.5 cm³/mol. The summed E-state index contributed by atoms with van der Waals surface area (Å²) in [5.41, 5.74) is 7.77. The molecule has 1 aromatic carbocycles. The molecule has 2 amide bonds. The normalized spacial score (nSPS) is 17.1. The van der Waals surface area contributed by atoms with Gasteiger partial charge in [-0.2, -0.15) is 0 Å². The zero-order valence-corrected chi connectivity index (χ0v) is 11.8. The van der Waals surface area contributed by atoms with Crippen LogP contribution in [-0.4, -0.2) is 29.5 Å². The fourth-order valence-electron chi connectivity index (χ4n) is 1.76. The molecule has 20 heavy (non-hydrogen) atoms. The Bertz CT molecular complexity index is 604. The van der Waals surface area contributed by atoms with Gasteiger partial charge in [-0.05, 0) is 24.6 Å². The maximum Gasteiger partial charge on any atom is 0.279 e. The molecule has 0 spiro atoms. The number of hydrogen-bond donors (Lipinski definition) is 3. The van der Waals surface area contributed by atoms with Gasteiger partial charge in [0.15, 0.2) is 0 Å². The summed E-state index contributed by atoms with van der Waals surface area (Å²) in [5.74, 6) is 5.92. The predicted octanol–water partition coefficient (Wildman–Crippen LogP) is 1.07. The van der Waals surface area contributed by atoms with Crippen LogP contribution in [0.2, 0.25) is 0 Å². The number of aryl methyl sites for hydroxylation is 1. The molecule has 1 fully saturated rings. The van der Waals surface area contributed by atoms with Crippen molar-refractivity contribution in [3.8, 4) is 11.8 Å². The molecule has 4 N–H and O–H groups in total. The third-order valence-electron chi connectivity index (χ3n) is 2.75. The van der Waals surface area contributed by atoms with Crippen LogP contribution in [0.5, 0.6) is 0 Å². The molecule has 1 aromatic rings. The molecule has 104 valence electrons. The minimum absolute atomic E-state index is 0.169. The molecule has 6 heteroatoms. The first kappa shape index (κ1) is 14.4. The number of carbonyl (C=O) groups excluding carboxylic acids is 2. The van der Waals surface area contributed by atoms with Crippen molar-refractivity contribution in [1.82, 2.24) is 5.32 Å². The number of rotatable bonds is 2. The van der Waals surface area contributed by atoms with Crippen molar-refractivity contribution in [2.24, 2.45) is 5.73 Å². The van der Waals surface area contributed by atoms with Gasteiger partial charge < -0.3 is 16.4 Å². The van der Waals surface area contributed by atoms with E-state index in [0.717, 1.165) is 22.9 Å². The topological polar surface area (TPSA) is 84.2 Å². The Hall–Kier alpha value is -1.97. The number of nitrogens with one attached hydrogen (secondary N) is 2. The van der Waals surface area contributed by atoms with Gasteiger partial charge in [0, 0.05) is 11.3 Å². The van der Waals surface area contributed by atoms with E-state index >= 15 is 0 Å². The molecule has 2 rings (SSSR count). The molecular weight excluding hydrogens is 274 g/mol. The molecule has 0 saturated carbocycles. The molecule has 0 aromatic heterocycles. The lowest BCUT2D eigenvalue weighted by molar-refractivity contribution is -0.117. The van der Waals surface area contributed by atoms with Gasteiger partial charge in [0.2, 0.25) is 5.91 Å². The molecular formula is C14H15N3O2S. The van der Waals surface area contributed by atoms with Crippen LogP contribution in [0.1, 0.15) is 11.1 Å². The van der Waals surface area contributed by atoms with Gasteiger partial charge in [-0.1, -0.05) is 29.7 Å². The highest BCUT2D eigenvalue weighted by Crippen LogP contribution is 2.19. The van der Waals surface area contributed by atoms with Crippen LogP contribution in [0.25, 0.3) is 0 Å². The molecule has 5 nitrogen and oxygen atoms in total. The maximum absolute atomic E-state index is 12.1. The number of nitrogens with two attached hydrogens (primary N) is 1. The van der Waals surface area contributed by atoms with E-state index in [4.69, 9.17) is 5.73 Å². The van der Waals surface area contributed by atoms with Crippen LogP contribution in [-0.2, 0) is 4.79 Å². The van der Waals surface area contributed by atoms with Gasteiger partial charge in [-0.3, -0.25) is 9.59 Å². The third kappa shape index (κ3) is 3.53. The Morgan fingerprint density at radius 1 is 1.60 bits per heavy atom. The quantitative estimate of drug-likeness (QED) is 0.711. The highest BCUT2D eigenvalue weighted by molar-refractivity contribution is 8.14. The monoisotopic (exact) mass is 289 g/mol. The number of amides is 2. The van der Waals surface area contributed by atoms with E-state index in [2.05, 4.69) is 22.5 Å². The van der Waals surface area contributed by atoms with E-state index in [9.17, 15) is 9.59 Å². The van der Waals surface area contributed by atoms with Crippen molar-refractivity contribution in [1.29, 1.82) is 0 Å². The first-order chi connectivity index (χ1) is 9.60. The van der Waals surface area contributed by atoms with Crippen LogP contribution >= 0.6 is 11.8 Å². The fraction of sp³-hybridized carbons (Fsp3) is 0.286. The van der Waals surface area contributed by atoms with Crippen molar-refractivity contribution >= 4 is 28.6 Å². The highest BCUT2D eigenvalue weighted by atomic mass is 32.2. The van der Waals surface area contributed by atoms with E-state index in [1.807, 2.05) is 19.1 Å². The maximum atomic E-state index is 12.1. The summed E-state index contributed by atoms with van der Waals surface area (Å²) in [6.07, 6.45) is 0. The van der Waals surface area contributed by atoms with E-state index in [0.29, 0.717) is 11.4 Å². The van der Waals surface area contributed by atoms with E-state index < -0.39 is 6.04 Å². The number of anilines is 1. The summed E-state index contributed by atoms with van der Waals surface area (Å²) in [6.45, 7) is 2.21. The lowest BCUT2D eigenvalue weighted by atomic mass is 10.1. The molecule has 0 aliphatic carbocycles. The second-order valence-corrected chi connectivity index (χ2v) is 5.33. The first-order valence-corrected chi connectivity index (χ1v) is 7.12. The molecule has 0 bridgehead atoms. The summed E-state index contributed by atoms with van der Waals surface area (Å²) in [4.78, 5) is 23.2. The molecule has 0 radical (unpaired) electrons. The van der Waals surface area contributed by atoms with Crippen molar-refractivity contribution in [3.05, 3.63) is 29.3 Å². The second kappa shape index (κ2) is 6.46. The van der Waals surface area contributed by atoms with Crippen LogP contribution in [0.15, 0.2) is 18.2 Å². The Balaban J connectivity index is 2.16. The van der Waals surface area contributed by atoms with Gasteiger partial charge in [-0.15, -0.1) is 0 Å². The average Bonchev–Trinajstić information content (AvgIpc) is 2.85. The van der Waals surface area contributed by atoms with Crippen LogP contribution in [0.3, 0.4) is 0 Å². The van der Waals surface area contributed by atoms with Crippen molar-refractivity contribution in [2.75, 3.05) is 17.6 Å². The van der Waals surface area contributed by atoms with Gasteiger partial charge in [0.25, 0.3) is 5.24 Å². The SMILES string of the molecule is Cc1ccc(NC(=O)C2CSC(=O)N2)c(C#CCN)c1. The summed E-state index contributed by atoms with van der Waals surface area (Å²) in [7, 11) is 0. The summed E-state index contributed by atoms with van der Waals surface area (Å²) in [5, 5.41) is 5.23. The van der Waals surface area contributed by atoms with Gasteiger partial charge in [-0.25, -0.2) is 0 Å². The standard InChI is InChI=1S/C14H15N3O2S/c1-9-4-5-11(10(7-9)3-2-6-15)16-13(18)12-8-20-14(19)17-12/h4-5,7,12H,6,8,15H2,1H3,(H,16,18)(H,17,19). The molecule has 1 atom stereocenters. The Morgan fingerprint density at radius 3 is 3.05 bits per heavy atom. The molecule has 1 saturated heterocycles. The highest BCUT2D eigenvalue weighted by Gasteiger charge is 2.28. The zero-order chi connectivity index (χ0) is 14.5. The first-order valence-electron chi connectivity index (χ1n) is 6.14. The average molecular weight is 289 g/mol. The lowest BCUT2D eigenvalue weighted by Crippen LogP contribution is -2.38. The Kier molecular flexibility index (Phi) is 4.66. The molecule has 1 heterocycles. The van der Waals surface area contributed by atoms with E-state index in [-0.39, 0.29) is 17.7 Å². The zero-order valence-electron chi connectivity index (χ0n) is 11.0. The van der Waals surface area contributed by atoms with E-state index in [1.54, 1.807) is 6.07 Å². The summed E-state index contributed by atoms with van der Waals surface area (Å²) in [6, 6.07) is 5.09. The number of thioether (sulfide) groups is 1. The van der Waals surface area contributed by atoms with Crippen molar-refractivity contribution < 1.29 is 9.59 Å². The second-order valence-electron chi connectivity index (χ2n) is 4.34. The Morgan fingerprint density at radius 2 is 2.40 bits per heavy atom. The van der Waals surface area contributed by atoms with Crippen LogP contribution < -0.4 is 16.4 Å². The van der Waals surface area contributed by atoms with Gasteiger partial charge in [0.1, 0.15) is 6.04 Å². The largest absolute Gasteiger partial charge is 0.334 e. The Labute approximate surface area is 121 Å². The summed E-state index contributed by atoms with van der Waals surface area (Å²) < 4.78 is 0. The number of benzene rings is 1. The molecule has 1 unspecified atom stereocenters. The minimum atomic E-state index is -0.496. The van der Waals surface area contributed by atoms with Crippen LogP contribution in [0, 0.1) is 18.8 Å². The van der Waals surface area contributed by atoms with Crippen LogP contribution in [0.4, 0.5) is 10.5 Å². The number of hydrogen-bond acceptors (Lipinski definition) is 4. The minimum Gasteiger partial charge on any atom is -0.334 e. The number of carbonyl (C=O) groups is 2. The summed E-state index contributed by atoms with van der Waals surface area (Å²) >= 11 is 1.11. The van der Waals surface area contributed by atoms with E-state index in [1.165, 1.54) is 0 Å². The molecule has 1 aliphatic heterocycles. The van der Waals surface area contributed by atoms with Crippen molar-refractivity contribution in [2.45, 2.75) is 13.0 Å². The fourth-order valence-corrected chi connectivity index (χ4v) is 2.54. The van der Waals surface area contributed by atoms with Gasteiger partial charge >= 0.3 is 0 Å². The van der Waals surface area contributed by atoms with Crippen molar-refractivity contribution in [3.63, 3.8) is 0 Å². The third-order valence-corrected chi connectivity index (χ3v) is 3.63. The molecule has 1 aliphatic rings. The van der Waals surface area contributed by atoms with Gasteiger partial charge in [0.05, 0.1) is 12.2 Å². The smallest absolute Gasteiger partial charge is 0.279 e. The lowest BCUT2D eigenvalue weighted by Gasteiger charge is -2.12.